The van der Waals surface area contributed by atoms with Crippen LogP contribution in [0.4, 0.5) is 5.69 Å². The maximum Gasteiger partial charge on any atom is 0.143 e. The quantitative estimate of drug-likeness (QED) is 0.314. The molecule has 0 saturated carbocycles. The number of rotatable bonds is 5. The van der Waals surface area contributed by atoms with E-state index in [9.17, 15) is 5.11 Å². The Morgan fingerprint density at radius 2 is 2.00 bits per heavy atom. The summed E-state index contributed by atoms with van der Waals surface area (Å²) in [6.45, 7) is 4.25. The zero-order valence-electron chi connectivity index (χ0n) is 12.2. The first-order valence-corrected chi connectivity index (χ1v) is 7.76. The fourth-order valence-electron chi connectivity index (χ4n) is 2.68. The number of hydrogen-bond donors (Lipinski definition) is 3. The molecule has 1 atom stereocenters. The number of hydrogen-bond acceptors (Lipinski definition) is 3. The fourth-order valence-corrected chi connectivity index (χ4v) is 3.13. The van der Waals surface area contributed by atoms with Crippen LogP contribution in [0.1, 0.15) is 49.0 Å². The molecule has 0 saturated heterocycles. The minimum absolute atomic E-state index is 0.0225. The van der Waals surface area contributed by atoms with Gasteiger partial charge in [0, 0.05) is 10.8 Å². The molecule has 0 aliphatic heterocycles. The van der Waals surface area contributed by atoms with Gasteiger partial charge < -0.3 is 10.8 Å². The molecular formula is C17H23NOS. The highest BCUT2D eigenvalue weighted by Gasteiger charge is 2.18. The summed E-state index contributed by atoms with van der Waals surface area (Å²) in [5.74, 6) is 0.194. The van der Waals surface area contributed by atoms with Crippen LogP contribution in [0.2, 0.25) is 0 Å². The highest BCUT2D eigenvalue weighted by atomic mass is 32.1. The third kappa shape index (κ3) is 2.88. The van der Waals surface area contributed by atoms with Crippen LogP contribution >= 0.6 is 12.6 Å². The van der Waals surface area contributed by atoms with E-state index < -0.39 is 0 Å². The lowest BCUT2D eigenvalue weighted by Gasteiger charge is -2.18. The number of nitrogen functional groups attached to an aromatic ring is 1. The highest BCUT2D eigenvalue weighted by Crippen LogP contribution is 2.42. The van der Waals surface area contributed by atoms with Crippen molar-refractivity contribution in [3.05, 3.63) is 35.4 Å². The first-order valence-electron chi connectivity index (χ1n) is 7.25. The van der Waals surface area contributed by atoms with Crippen molar-refractivity contribution in [1.29, 1.82) is 0 Å². The second-order valence-electron chi connectivity index (χ2n) is 5.41. The minimum atomic E-state index is 0.0225. The van der Waals surface area contributed by atoms with E-state index in [4.69, 9.17) is 18.4 Å². The number of unbranched alkanes of at least 4 members (excludes halogenated alkanes) is 2. The minimum Gasteiger partial charge on any atom is -0.505 e. The zero-order valence-corrected chi connectivity index (χ0v) is 13.1. The van der Waals surface area contributed by atoms with Crippen molar-refractivity contribution in [3.63, 3.8) is 0 Å². The van der Waals surface area contributed by atoms with Gasteiger partial charge in [-0.05, 0) is 35.7 Å². The van der Waals surface area contributed by atoms with Gasteiger partial charge in [0.2, 0.25) is 0 Å². The largest absolute Gasteiger partial charge is 0.505 e. The van der Waals surface area contributed by atoms with Crippen molar-refractivity contribution in [2.75, 3.05) is 5.73 Å². The van der Waals surface area contributed by atoms with E-state index in [-0.39, 0.29) is 11.0 Å². The maximum absolute atomic E-state index is 10.3. The number of anilines is 1. The Hall–Kier alpha value is -1.35. The van der Waals surface area contributed by atoms with Crippen LogP contribution in [0.25, 0.3) is 10.8 Å². The van der Waals surface area contributed by atoms with Crippen LogP contribution in [-0.2, 0) is 0 Å². The summed E-state index contributed by atoms with van der Waals surface area (Å²) >= 11 is 4.70. The van der Waals surface area contributed by atoms with Gasteiger partial charge in [0.25, 0.3) is 0 Å². The van der Waals surface area contributed by atoms with Crippen molar-refractivity contribution in [2.45, 2.75) is 44.8 Å². The molecule has 0 bridgehead atoms. The van der Waals surface area contributed by atoms with Crippen LogP contribution < -0.4 is 5.73 Å². The number of thiol groups is 1. The molecule has 108 valence electrons. The predicted molar refractivity (Wildman–Crippen MR) is 90.6 cm³/mol. The summed E-state index contributed by atoms with van der Waals surface area (Å²) in [5.41, 5.74) is 8.45. The van der Waals surface area contributed by atoms with Crippen molar-refractivity contribution < 1.29 is 5.11 Å². The standard InChI is InChI=1S/C17H23NOS/c1-3-4-5-9-15(20)16-12-8-6-7-11(2)13(12)10-14(18)17(16)19/h6-8,10,15,19-20H,3-5,9,18H2,1-2H3. The molecule has 2 rings (SSSR count). The maximum atomic E-state index is 10.3. The van der Waals surface area contributed by atoms with Crippen molar-refractivity contribution in [3.8, 4) is 5.75 Å². The molecule has 20 heavy (non-hydrogen) atoms. The van der Waals surface area contributed by atoms with Crippen molar-refractivity contribution in [2.24, 2.45) is 0 Å². The van der Waals surface area contributed by atoms with Crippen molar-refractivity contribution in [1.82, 2.24) is 0 Å². The molecule has 0 aliphatic carbocycles. The van der Waals surface area contributed by atoms with E-state index >= 15 is 0 Å². The van der Waals surface area contributed by atoms with E-state index in [2.05, 4.69) is 19.9 Å². The average Bonchev–Trinajstić information content (AvgIpc) is 2.41. The lowest BCUT2D eigenvalue weighted by Crippen LogP contribution is -1.98. The molecule has 3 N–H and O–H groups in total. The molecule has 0 amide bonds. The van der Waals surface area contributed by atoms with Gasteiger partial charge in [-0.1, -0.05) is 44.4 Å². The van der Waals surface area contributed by atoms with Gasteiger partial charge in [-0.3, -0.25) is 0 Å². The number of phenols is 1. The Morgan fingerprint density at radius 1 is 1.25 bits per heavy atom. The molecular weight excluding hydrogens is 266 g/mol. The second kappa shape index (κ2) is 6.40. The molecule has 0 radical (unpaired) electrons. The van der Waals surface area contributed by atoms with E-state index in [0.29, 0.717) is 5.69 Å². The third-order valence-electron chi connectivity index (χ3n) is 3.86. The van der Waals surface area contributed by atoms with Crippen LogP contribution in [-0.4, -0.2) is 5.11 Å². The smallest absolute Gasteiger partial charge is 0.143 e. The van der Waals surface area contributed by atoms with Crippen LogP contribution in [0.3, 0.4) is 0 Å². The zero-order chi connectivity index (χ0) is 14.7. The second-order valence-corrected chi connectivity index (χ2v) is 6.03. The van der Waals surface area contributed by atoms with Crippen LogP contribution in [0.15, 0.2) is 24.3 Å². The summed E-state index contributed by atoms with van der Waals surface area (Å²) in [6.07, 6.45) is 4.45. The number of nitrogens with two attached hydrogens (primary N) is 1. The van der Waals surface area contributed by atoms with Gasteiger partial charge in [0.15, 0.2) is 0 Å². The number of aryl methyl sites for hydroxylation is 1. The average molecular weight is 289 g/mol. The molecule has 0 spiro atoms. The van der Waals surface area contributed by atoms with Gasteiger partial charge in [0.1, 0.15) is 5.75 Å². The number of fused-ring (bicyclic) bond motifs is 1. The first-order chi connectivity index (χ1) is 9.56. The Balaban J connectivity index is 2.50. The molecule has 2 aromatic rings. The SMILES string of the molecule is CCCCCC(S)c1c(O)c(N)cc2c(C)cccc12. The fraction of sp³-hybridized carbons (Fsp3) is 0.412. The summed E-state index contributed by atoms with van der Waals surface area (Å²) in [7, 11) is 0. The topological polar surface area (TPSA) is 46.2 Å². The van der Waals surface area contributed by atoms with E-state index in [1.54, 1.807) is 0 Å². The molecule has 0 aromatic heterocycles. The number of benzene rings is 2. The first kappa shape index (κ1) is 15.0. The molecule has 2 nitrogen and oxygen atoms in total. The van der Waals surface area contributed by atoms with Gasteiger partial charge >= 0.3 is 0 Å². The summed E-state index contributed by atoms with van der Waals surface area (Å²) < 4.78 is 0. The highest BCUT2D eigenvalue weighted by molar-refractivity contribution is 7.80. The lowest BCUT2D eigenvalue weighted by molar-refractivity contribution is 0.469. The van der Waals surface area contributed by atoms with Gasteiger partial charge in [-0.25, -0.2) is 0 Å². The Kier molecular flexibility index (Phi) is 4.81. The lowest BCUT2D eigenvalue weighted by atomic mass is 9.95. The summed E-state index contributed by atoms with van der Waals surface area (Å²) in [5, 5.41) is 12.5. The van der Waals surface area contributed by atoms with E-state index in [1.807, 2.05) is 18.2 Å². The third-order valence-corrected chi connectivity index (χ3v) is 4.37. The molecule has 1 unspecified atom stereocenters. The van der Waals surface area contributed by atoms with Crippen molar-refractivity contribution >= 4 is 29.1 Å². The van der Waals surface area contributed by atoms with E-state index in [0.717, 1.165) is 29.2 Å². The van der Waals surface area contributed by atoms with Crippen LogP contribution in [0.5, 0.6) is 5.75 Å². The Bertz CT molecular complexity index is 609. The van der Waals surface area contributed by atoms with Crippen LogP contribution in [0, 0.1) is 6.92 Å². The number of phenolic OH excluding ortho intramolecular Hbond substituents is 1. The monoisotopic (exact) mass is 289 g/mol. The molecule has 0 fully saturated rings. The molecule has 3 heteroatoms. The Morgan fingerprint density at radius 3 is 2.70 bits per heavy atom. The van der Waals surface area contributed by atoms with Gasteiger partial charge in [-0.2, -0.15) is 12.6 Å². The van der Waals surface area contributed by atoms with Gasteiger partial charge in [-0.15, -0.1) is 0 Å². The normalized spacial score (nSPS) is 12.8. The summed E-state index contributed by atoms with van der Waals surface area (Å²) in [4.78, 5) is 0. The Labute approximate surface area is 126 Å². The van der Waals surface area contributed by atoms with E-state index in [1.165, 1.54) is 18.4 Å². The van der Waals surface area contributed by atoms with Gasteiger partial charge in [0.05, 0.1) is 5.69 Å². The molecule has 0 aliphatic rings. The molecule has 0 heterocycles. The molecule has 2 aromatic carbocycles. The predicted octanol–water partition coefficient (Wildman–Crippen LogP) is 4.99. The number of aromatic hydroxyl groups is 1. The summed E-state index contributed by atoms with van der Waals surface area (Å²) in [6, 6.07) is 7.98.